The third-order valence-electron chi connectivity index (χ3n) is 3.50. The van der Waals surface area contributed by atoms with E-state index in [4.69, 9.17) is 0 Å². The summed E-state index contributed by atoms with van der Waals surface area (Å²) in [5.41, 5.74) is 3.67. The fourth-order valence-corrected chi connectivity index (χ4v) is 2.38. The summed E-state index contributed by atoms with van der Waals surface area (Å²) in [7, 11) is 0. The number of nitrogens with one attached hydrogen (secondary N) is 1. The first-order valence-electron chi connectivity index (χ1n) is 6.67. The van der Waals surface area contributed by atoms with Crippen LogP contribution in [0, 0.1) is 13.8 Å². The number of benzene rings is 1. The molecule has 102 valence electrons. The maximum atomic E-state index is 12.0. The molecule has 2 amide bonds. The van der Waals surface area contributed by atoms with E-state index >= 15 is 0 Å². The Morgan fingerprint density at radius 1 is 1.37 bits per heavy atom. The van der Waals surface area contributed by atoms with Gasteiger partial charge in [-0.25, -0.2) is 0 Å². The van der Waals surface area contributed by atoms with Crippen LogP contribution >= 0.6 is 0 Å². The molecule has 1 heterocycles. The van der Waals surface area contributed by atoms with Crippen LogP contribution < -0.4 is 5.32 Å². The van der Waals surface area contributed by atoms with E-state index in [2.05, 4.69) is 37.4 Å². The van der Waals surface area contributed by atoms with Crippen molar-refractivity contribution in [2.45, 2.75) is 26.7 Å². The minimum absolute atomic E-state index is 0.0638. The van der Waals surface area contributed by atoms with E-state index < -0.39 is 0 Å². The van der Waals surface area contributed by atoms with E-state index in [-0.39, 0.29) is 18.4 Å². The van der Waals surface area contributed by atoms with Crippen LogP contribution in [-0.4, -0.2) is 36.3 Å². The summed E-state index contributed by atoms with van der Waals surface area (Å²) in [4.78, 5) is 24.9. The van der Waals surface area contributed by atoms with Crippen molar-refractivity contribution in [2.24, 2.45) is 0 Å². The number of hydrogen-bond donors (Lipinski definition) is 1. The number of piperazine rings is 1. The number of nitrogens with zero attached hydrogens (tertiary/aromatic N) is 1. The van der Waals surface area contributed by atoms with Gasteiger partial charge in [-0.15, -0.1) is 0 Å². The second-order valence-corrected chi connectivity index (χ2v) is 5.10. The van der Waals surface area contributed by atoms with Gasteiger partial charge in [-0.3, -0.25) is 9.59 Å². The van der Waals surface area contributed by atoms with Gasteiger partial charge in [0.1, 0.15) is 0 Å². The SMILES string of the molecule is Cc1ccc(CCC(=O)N2CCNC(=O)C2)c(C)c1. The number of rotatable bonds is 3. The molecule has 4 nitrogen and oxygen atoms in total. The zero-order chi connectivity index (χ0) is 13.8. The van der Waals surface area contributed by atoms with Crippen LogP contribution in [0.1, 0.15) is 23.1 Å². The molecule has 1 fully saturated rings. The third kappa shape index (κ3) is 3.56. The predicted octanol–water partition coefficient (Wildman–Crippen LogP) is 1.19. The second kappa shape index (κ2) is 5.87. The Bertz CT molecular complexity index is 497. The molecule has 0 aromatic heterocycles. The molecule has 0 radical (unpaired) electrons. The van der Waals surface area contributed by atoms with Gasteiger partial charge in [-0.05, 0) is 31.4 Å². The number of amides is 2. The number of carbonyl (C=O) groups excluding carboxylic acids is 2. The molecule has 0 spiro atoms. The van der Waals surface area contributed by atoms with Gasteiger partial charge >= 0.3 is 0 Å². The van der Waals surface area contributed by atoms with Crippen LogP contribution in [-0.2, 0) is 16.0 Å². The van der Waals surface area contributed by atoms with Crippen LogP contribution in [0.25, 0.3) is 0 Å². The standard InChI is InChI=1S/C15H20N2O2/c1-11-3-4-13(12(2)9-11)5-6-15(19)17-8-7-16-14(18)10-17/h3-4,9H,5-8,10H2,1-2H3,(H,16,18). The minimum atomic E-state index is -0.0638. The Labute approximate surface area is 113 Å². The Morgan fingerprint density at radius 2 is 2.16 bits per heavy atom. The third-order valence-corrected chi connectivity index (χ3v) is 3.50. The lowest BCUT2D eigenvalue weighted by atomic mass is 10.0. The fourth-order valence-electron chi connectivity index (χ4n) is 2.38. The molecule has 0 bridgehead atoms. The topological polar surface area (TPSA) is 49.4 Å². The molecule has 4 heteroatoms. The van der Waals surface area contributed by atoms with Crippen molar-refractivity contribution in [3.05, 3.63) is 34.9 Å². The van der Waals surface area contributed by atoms with Crippen LogP contribution in [0.5, 0.6) is 0 Å². The van der Waals surface area contributed by atoms with Crippen molar-refractivity contribution in [1.29, 1.82) is 0 Å². The average molecular weight is 260 g/mol. The molecule has 1 N–H and O–H groups in total. The molecule has 1 aromatic rings. The van der Waals surface area contributed by atoms with Crippen LogP contribution in [0.4, 0.5) is 0 Å². The van der Waals surface area contributed by atoms with Gasteiger partial charge in [0.2, 0.25) is 11.8 Å². The smallest absolute Gasteiger partial charge is 0.239 e. The number of aryl methyl sites for hydroxylation is 3. The average Bonchev–Trinajstić information content (AvgIpc) is 2.37. The highest BCUT2D eigenvalue weighted by Gasteiger charge is 2.20. The molecular formula is C15H20N2O2. The highest BCUT2D eigenvalue weighted by Crippen LogP contribution is 2.13. The van der Waals surface area contributed by atoms with Gasteiger partial charge < -0.3 is 10.2 Å². The molecule has 1 aliphatic heterocycles. The van der Waals surface area contributed by atoms with Crippen molar-refractivity contribution in [3.8, 4) is 0 Å². The highest BCUT2D eigenvalue weighted by atomic mass is 16.2. The summed E-state index contributed by atoms with van der Waals surface area (Å²) < 4.78 is 0. The van der Waals surface area contributed by atoms with Crippen molar-refractivity contribution in [3.63, 3.8) is 0 Å². The molecule has 1 aromatic carbocycles. The van der Waals surface area contributed by atoms with E-state index in [1.54, 1.807) is 4.90 Å². The Balaban J connectivity index is 1.91. The maximum Gasteiger partial charge on any atom is 0.239 e. The Morgan fingerprint density at radius 3 is 2.84 bits per heavy atom. The van der Waals surface area contributed by atoms with Crippen molar-refractivity contribution in [1.82, 2.24) is 10.2 Å². The lowest BCUT2D eigenvalue weighted by Crippen LogP contribution is -2.50. The zero-order valence-electron chi connectivity index (χ0n) is 11.5. The van der Waals surface area contributed by atoms with Crippen LogP contribution in [0.15, 0.2) is 18.2 Å². The van der Waals surface area contributed by atoms with E-state index in [0.29, 0.717) is 19.5 Å². The Kier molecular flexibility index (Phi) is 4.20. The van der Waals surface area contributed by atoms with Crippen molar-refractivity contribution in [2.75, 3.05) is 19.6 Å². The van der Waals surface area contributed by atoms with E-state index in [9.17, 15) is 9.59 Å². The van der Waals surface area contributed by atoms with E-state index in [1.165, 1.54) is 16.7 Å². The summed E-state index contributed by atoms with van der Waals surface area (Å²) >= 11 is 0. The predicted molar refractivity (Wildman–Crippen MR) is 73.8 cm³/mol. The minimum Gasteiger partial charge on any atom is -0.353 e. The lowest BCUT2D eigenvalue weighted by Gasteiger charge is -2.26. The quantitative estimate of drug-likeness (QED) is 0.887. The van der Waals surface area contributed by atoms with E-state index in [1.807, 2.05) is 0 Å². The van der Waals surface area contributed by atoms with Gasteiger partial charge in [-0.2, -0.15) is 0 Å². The van der Waals surface area contributed by atoms with Gasteiger partial charge in [0.05, 0.1) is 6.54 Å². The maximum absolute atomic E-state index is 12.0. The summed E-state index contributed by atoms with van der Waals surface area (Å²) in [5.74, 6) is 0.000872. The first kappa shape index (κ1) is 13.6. The summed E-state index contributed by atoms with van der Waals surface area (Å²) in [6.07, 6.45) is 1.21. The molecule has 0 aliphatic carbocycles. The van der Waals surface area contributed by atoms with E-state index in [0.717, 1.165) is 6.42 Å². The number of hydrogen-bond acceptors (Lipinski definition) is 2. The van der Waals surface area contributed by atoms with Crippen LogP contribution in [0.3, 0.4) is 0 Å². The lowest BCUT2D eigenvalue weighted by molar-refractivity contribution is -0.138. The molecule has 19 heavy (non-hydrogen) atoms. The first-order valence-corrected chi connectivity index (χ1v) is 6.67. The van der Waals surface area contributed by atoms with Gasteiger partial charge in [0.25, 0.3) is 0 Å². The zero-order valence-corrected chi connectivity index (χ0v) is 11.5. The summed E-state index contributed by atoms with van der Waals surface area (Å²) in [5, 5.41) is 2.72. The molecule has 1 aliphatic rings. The number of carbonyl (C=O) groups is 2. The second-order valence-electron chi connectivity index (χ2n) is 5.10. The molecule has 0 saturated carbocycles. The van der Waals surface area contributed by atoms with Gasteiger partial charge in [-0.1, -0.05) is 23.8 Å². The first-order chi connectivity index (χ1) is 9.06. The van der Waals surface area contributed by atoms with Crippen LogP contribution in [0.2, 0.25) is 0 Å². The highest BCUT2D eigenvalue weighted by molar-refractivity contribution is 5.86. The van der Waals surface area contributed by atoms with Gasteiger partial charge in [0.15, 0.2) is 0 Å². The van der Waals surface area contributed by atoms with Gasteiger partial charge in [0, 0.05) is 19.5 Å². The molecular weight excluding hydrogens is 240 g/mol. The molecule has 0 unspecified atom stereocenters. The normalized spacial score (nSPS) is 15.3. The fraction of sp³-hybridized carbons (Fsp3) is 0.467. The van der Waals surface area contributed by atoms with Crippen molar-refractivity contribution < 1.29 is 9.59 Å². The molecule has 1 saturated heterocycles. The largest absolute Gasteiger partial charge is 0.353 e. The monoisotopic (exact) mass is 260 g/mol. The van der Waals surface area contributed by atoms with Crippen molar-refractivity contribution >= 4 is 11.8 Å². The summed E-state index contributed by atoms with van der Waals surface area (Å²) in [6, 6.07) is 6.29. The molecule has 2 rings (SSSR count). The molecule has 0 atom stereocenters. The summed E-state index contributed by atoms with van der Waals surface area (Å²) in [6.45, 7) is 5.52. The Hall–Kier alpha value is -1.84.